The number of nitrogens with two attached hydrogens (primary N) is 1. The highest BCUT2D eigenvalue weighted by atomic mass is 32.2. The summed E-state index contributed by atoms with van der Waals surface area (Å²) in [5, 5.41) is 11.6. The molecule has 18 heavy (non-hydrogen) atoms. The predicted molar refractivity (Wildman–Crippen MR) is 63.5 cm³/mol. The predicted octanol–water partition coefficient (Wildman–Crippen LogP) is -1.13. The van der Waals surface area contributed by atoms with Crippen LogP contribution in [0.15, 0.2) is 5.16 Å². The van der Waals surface area contributed by atoms with Crippen LogP contribution in [-0.2, 0) is 16.1 Å². The van der Waals surface area contributed by atoms with E-state index < -0.39 is 0 Å². The molecule has 2 rings (SSSR count). The largest absolute Gasteiger partial charge is 0.329 e. The van der Waals surface area contributed by atoms with Crippen molar-refractivity contribution in [2.75, 3.05) is 18.8 Å². The van der Waals surface area contributed by atoms with Gasteiger partial charge in [0.2, 0.25) is 17.0 Å². The number of nitrogens with zero attached hydrogens (tertiary/aromatic N) is 5. The van der Waals surface area contributed by atoms with Crippen molar-refractivity contribution < 1.29 is 9.59 Å². The Kier molecular flexibility index (Phi) is 4.26. The van der Waals surface area contributed by atoms with Gasteiger partial charge in [-0.2, -0.15) is 0 Å². The molecule has 0 atom stereocenters. The van der Waals surface area contributed by atoms with Crippen molar-refractivity contribution in [3.63, 3.8) is 0 Å². The molecule has 1 aliphatic heterocycles. The van der Waals surface area contributed by atoms with E-state index in [2.05, 4.69) is 15.5 Å². The second-order valence-electron chi connectivity index (χ2n) is 3.80. The summed E-state index contributed by atoms with van der Waals surface area (Å²) in [6, 6.07) is 0. The first-order valence-corrected chi connectivity index (χ1v) is 6.63. The fourth-order valence-corrected chi connectivity index (χ4v) is 2.46. The number of thioether (sulfide) groups is 1. The molecule has 8 nitrogen and oxygen atoms in total. The molecule has 2 heterocycles. The lowest BCUT2D eigenvalue weighted by Gasteiger charge is -2.12. The molecule has 1 saturated heterocycles. The summed E-state index contributed by atoms with van der Waals surface area (Å²) < 4.78 is 1.55. The third-order valence-corrected chi connectivity index (χ3v) is 3.48. The average molecular weight is 270 g/mol. The maximum absolute atomic E-state index is 11.8. The zero-order valence-electron chi connectivity index (χ0n) is 9.78. The number of imide groups is 1. The van der Waals surface area contributed by atoms with Crippen molar-refractivity contribution in [2.24, 2.45) is 5.73 Å². The summed E-state index contributed by atoms with van der Waals surface area (Å²) in [6.45, 7) is 1.45. The Bertz CT molecular complexity index is 448. The Morgan fingerprint density at radius 1 is 1.50 bits per heavy atom. The highest BCUT2D eigenvalue weighted by molar-refractivity contribution is 7.99. The van der Waals surface area contributed by atoms with E-state index in [1.165, 1.54) is 16.7 Å². The molecule has 0 unspecified atom stereocenters. The highest BCUT2D eigenvalue weighted by Gasteiger charge is 2.26. The van der Waals surface area contributed by atoms with Gasteiger partial charge in [0.05, 0.1) is 12.3 Å². The van der Waals surface area contributed by atoms with Crippen LogP contribution in [-0.4, -0.2) is 55.8 Å². The molecular formula is C9H14N6O2S. The van der Waals surface area contributed by atoms with Crippen LogP contribution in [0.1, 0.15) is 12.8 Å². The quantitative estimate of drug-likeness (QED) is 0.675. The molecule has 0 radical (unpaired) electrons. The van der Waals surface area contributed by atoms with Gasteiger partial charge < -0.3 is 5.73 Å². The SMILES string of the molecule is NCCn1nnnc1SCC(=O)N1CCCC1=O. The van der Waals surface area contributed by atoms with Crippen LogP contribution in [0.2, 0.25) is 0 Å². The summed E-state index contributed by atoms with van der Waals surface area (Å²) in [5.41, 5.74) is 5.42. The molecule has 9 heteroatoms. The maximum atomic E-state index is 11.8. The fourth-order valence-electron chi connectivity index (χ4n) is 1.68. The molecular weight excluding hydrogens is 256 g/mol. The molecule has 2 N–H and O–H groups in total. The van der Waals surface area contributed by atoms with Gasteiger partial charge in [-0.1, -0.05) is 11.8 Å². The van der Waals surface area contributed by atoms with Crippen LogP contribution >= 0.6 is 11.8 Å². The Morgan fingerprint density at radius 3 is 3.00 bits per heavy atom. The molecule has 0 saturated carbocycles. The smallest absolute Gasteiger partial charge is 0.239 e. The van der Waals surface area contributed by atoms with E-state index in [0.29, 0.717) is 31.2 Å². The van der Waals surface area contributed by atoms with Crippen LogP contribution in [0.4, 0.5) is 0 Å². The lowest BCUT2D eigenvalue weighted by molar-refractivity contribution is -0.140. The fraction of sp³-hybridized carbons (Fsp3) is 0.667. The average Bonchev–Trinajstić information content (AvgIpc) is 2.96. The van der Waals surface area contributed by atoms with Crippen molar-refractivity contribution in [1.29, 1.82) is 0 Å². The normalized spacial score (nSPS) is 15.4. The Balaban J connectivity index is 1.89. The van der Waals surface area contributed by atoms with Crippen LogP contribution in [0.5, 0.6) is 0 Å². The number of rotatable bonds is 5. The van der Waals surface area contributed by atoms with Gasteiger partial charge in [-0.25, -0.2) is 4.68 Å². The number of hydrogen-bond donors (Lipinski definition) is 1. The summed E-state index contributed by atoms with van der Waals surface area (Å²) in [5.74, 6) is -0.122. The molecule has 1 aromatic rings. The molecule has 0 spiro atoms. The monoisotopic (exact) mass is 270 g/mol. The minimum atomic E-state index is -0.190. The summed E-state index contributed by atoms with van der Waals surface area (Å²) >= 11 is 1.22. The zero-order valence-corrected chi connectivity index (χ0v) is 10.6. The third-order valence-electron chi connectivity index (χ3n) is 2.54. The second kappa shape index (κ2) is 5.91. The van der Waals surface area contributed by atoms with Crippen molar-refractivity contribution in [3.05, 3.63) is 0 Å². The molecule has 0 aromatic carbocycles. The van der Waals surface area contributed by atoms with Gasteiger partial charge in [-0.3, -0.25) is 14.5 Å². The van der Waals surface area contributed by atoms with Gasteiger partial charge in [0.25, 0.3) is 0 Å². The Labute approximate surface area is 108 Å². The molecule has 1 fully saturated rings. The number of likely N-dealkylation sites (tertiary alicyclic amines) is 1. The lowest BCUT2D eigenvalue weighted by atomic mass is 10.4. The molecule has 1 aromatic heterocycles. The van der Waals surface area contributed by atoms with Gasteiger partial charge in [-0.05, 0) is 16.8 Å². The van der Waals surface area contributed by atoms with Gasteiger partial charge in [-0.15, -0.1) is 5.10 Å². The second-order valence-corrected chi connectivity index (χ2v) is 4.75. The van der Waals surface area contributed by atoms with E-state index in [0.717, 1.165) is 6.42 Å². The number of carbonyl (C=O) groups is 2. The number of carbonyl (C=O) groups excluding carboxylic acids is 2. The van der Waals surface area contributed by atoms with Crippen LogP contribution < -0.4 is 5.73 Å². The molecule has 1 aliphatic rings. The van der Waals surface area contributed by atoms with E-state index in [1.54, 1.807) is 4.68 Å². The number of aromatic nitrogens is 4. The van der Waals surface area contributed by atoms with Gasteiger partial charge in [0, 0.05) is 19.5 Å². The van der Waals surface area contributed by atoms with Crippen molar-refractivity contribution >= 4 is 23.6 Å². The molecule has 0 aliphatic carbocycles. The van der Waals surface area contributed by atoms with E-state index in [1.807, 2.05) is 0 Å². The summed E-state index contributed by atoms with van der Waals surface area (Å²) in [7, 11) is 0. The third kappa shape index (κ3) is 2.85. The Morgan fingerprint density at radius 2 is 2.33 bits per heavy atom. The number of amides is 2. The minimum absolute atomic E-state index is 0.0952. The first kappa shape index (κ1) is 13.0. The Hall–Kier alpha value is -1.48. The van der Waals surface area contributed by atoms with Crippen molar-refractivity contribution in [1.82, 2.24) is 25.1 Å². The van der Waals surface area contributed by atoms with Gasteiger partial charge in [0.15, 0.2) is 0 Å². The molecule has 2 amide bonds. The van der Waals surface area contributed by atoms with Crippen molar-refractivity contribution in [3.8, 4) is 0 Å². The standard InChI is InChI=1S/C9H14N6O2S/c10-3-5-15-9(11-12-13-15)18-6-8(17)14-4-1-2-7(14)16/h1-6,10H2. The summed E-state index contributed by atoms with van der Waals surface area (Å²) in [4.78, 5) is 24.5. The first-order valence-electron chi connectivity index (χ1n) is 5.64. The molecule has 98 valence electrons. The van der Waals surface area contributed by atoms with Gasteiger partial charge >= 0.3 is 0 Å². The highest BCUT2D eigenvalue weighted by Crippen LogP contribution is 2.17. The van der Waals surface area contributed by atoms with Crippen LogP contribution in [0.3, 0.4) is 0 Å². The topological polar surface area (TPSA) is 107 Å². The van der Waals surface area contributed by atoms with E-state index >= 15 is 0 Å². The summed E-state index contributed by atoms with van der Waals surface area (Å²) in [6.07, 6.45) is 1.21. The van der Waals surface area contributed by atoms with Gasteiger partial charge in [0.1, 0.15) is 0 Å². The first-order chi connectivity index (χ1) is 8.72. The number of hydrogen-bond acceptors (Lipinski definition) is 7. The lowest BCUT2D eigenvalue weighted by Crippen LogP contribution is -2.33. The molecule has 0 bridgehead atoms. The van der Waals surface area contributed by atoms with E-state index in [9.17, 15) is 9.59 Å². The maximum Gasteiger partial charge on any atom is 0.239 e. The van der Waals surface area contributed by atoms with Crippen LogP contribution in [0.25, 0.3) is 0 Å². The van der Waals surface area contributed by atoms with Crippen molar-refractivity contribution in [2.45, 2.75) is 24.5 Å². The zero-order chi connectivity index (χ0) is 13.0. The minimum Gasteiger partial charge on any atom is -0.329 e. The number of tetrazole rings is 1. The van der Waals surface area contributed by atoms with Crippen LogP contribution in [0, 0.1) is 0 Å². The van der Waals surface area contributed by atoms with E-state index in [-0.39, 0.29) is 17.6 Å². The van der Waals surface area contributed by atoms with E-state index in [4.69, 9.17) is 5.73 Å².